The Morgan fingerprint density at radius 2 is 1.77 bits per heavy atom. The maximum Gasteiger partial charge on any atom is 0.122 e. The van der Waals surface area contributed by atoms with Gasteiger partial charge in [-0.2, -0.15) is 0 Å². The van der Waals surface area contributed by atoms with Crippen LogP contribution in [-0.4, -0.2) is 13.2 Å². The lowest BCUT2D eigenvalue weighted by molar-refractivity contribution is 0.305. The van der Waals surface area contributed by atoms with E-state index in [2.05, 4.69) is 56.3 Å². The van der Waals surface area contributed by atoms with Crippen molar-refractivity contribution >= 4 is 0 Å². The van der Waals surface area contributed by atoms with Crippen LogP contribution in [0.3, 0.4) is 0 Å². The van der Waals surface area contributed by atoms with Gasteiger partial charge in [-0.3, -0.25) is 0 Å². The van der Waals surface area contributed by atoms with Crippen molar-refractivity contribution in [3.05, 3.63) is 65.2 Å². The van der Waals surface area contributed by atoms with E-state index in [1.165, 1.54) is 16.7 Å². The third-order valence-corrected chi connectivity index (χ3v) is 4.03. The number of nitrogens with two attached hydrogens (primary N) is 1. The van der Waals surface area contributed by atoms with Gasteiger partial charge < -0.3 is 10.5 Å². The lowest BCUT2D eigenvalue weighted by Gasteiger charge is -2.18. The van der Waals surface area contributed by atoms with Gasteiger partial charge in [0.2, 0.25) is 0 Å². The van der Waals surface area contributed by atoms with E-state index in [-0.39, 0.29) is 0 Å². The van der Waals surface area contributed by atoms with Gasteiger partial charge in [-0.1, -0.05) is 61.4 Å². The maximum absolute atomic E-state index is 6.02. The number of para-hydroxylation sites is 1. The molecular weight excluding hydrogens is 270 g/mol. The van der Waals surface area contributed by atoms with Crippen LogP contribution in [0.15, 0.2) is 48.5 Å². The van der Waals surface area contributed by atoms with Crippen molar-refractivity contribution in [1.82, 2.24) is 0 Å². The molecule has 0 fully saturated rings. The third kappa shape index (κ3) is 4.60. The summed E-state index contributed by atoms with van der Waals surface area (Å²) in [7, 11) is 0. The van der Waals surface area contributed by atoms with Crippen molar-refractivity contribution < 1.29 is 4.74 Å². The molecule has 0 amide bonds. The number of benzene rings is 2. The van der Waals surface area contributed by atoms with Crippen molar-refractivity contribution in [2.75, 3.05) is 13.2 Å². The first kappa shape index (κ1) is 16.6. The van der Waals surface area contributed by atoms with Crippen molar-refractivity contribution in [2.45, 2.75) is 39.0 Å². The van der Waals surface area contributed by atoms with Crippen LogP contribution in [0.4, 0.5) is 0 Å². The maximum atomic E-state index is 6.02. The van der Waals surface area contributed by atoms with Crippen LogP contribution in [0.5, 0.6) is 5.75 Å². The van der Waals surface area contributed by atoms with E-state index in [1.807, 2.05) is 6.07 Å². The first-order valence-electron chi connectivity index (χ1n) is 8.22. The molecule has 0 heterocycles. The molecule has 0 aliphatic heterocycles. The molecule has 0 aliphatic rings. The van der Waals surface area contributed by atoms with Crippen molar-refractivity contribution in [2.24, 2.45) is 5.73 Å². The normalized spacial score (nSPS) is 12.1. The van der Waals surface area contributed by atoms with Gasteiger partial charge >= 0.3 is 0 Å². The molecule has 0 spiro atoms. The average molecular weight is 297 g/mol. The van der Waals surface area contributed by atoms with Crippen molar-refractivity contribution in [1.29, 1.82) is 0 Å². The second-order valence-corrected chi connectivity index (χ2v) is 5.86. The van der Waals surface area contributed by atoms with Crippen LogP contribution in [0.25, 0.3) is 0 Å². The highest BCUT2D eigenvalue weighted by molar-refractivity contribution is 5.36. The smallest absolute Gasteiger partial charge is 0.122 e. The largest absolute Gasteiger partial charge is 0.493 e. The van der Waals surface area contributed by atoms with E-state index < -0.39 is 0 Å². The number of unbranched alkanes of at least 4 members (excludes halogenated alkanes) is 1. The molecule has 0 aromatic heterocycles. The van der Waals surface area contributed by atoms with Crippen LogP contribution in [-0.2, 0) is 6.42 Å². The third-order valence-electron chi connectivity index (χ3n) is 4.03. The molecule has 2 aromatic carbocycles. The zero-order valence-corrected chi connectivity index (χ0v) is 13.7. The van der Waals surface area contributed by atoms with Crippen LogP contribution in [0, 0.1) is 6.92 Å². The Hall–Kier alpha value is -1.80. The molecule has 0 saturated carbocycles. The number of aryl methyl sites for hydroxylation is 1. The van der Waals surface area contributed by atoms with Gasteiger partial charge in [-0.25, -0.2) is 0 Å². The summed E-state index contributed by atoms with van der Waals surface area (Å²) in [5.74, 6) is 1.33. The van der Waals surface area contributed by atoms with Crippen molar-refractivity contribution in [3.8, 4) is 5.75 Å². The summed E-state index contributed by atoms with van der Waals surface area (Å²) in [5.41, 5.74) is 9.85. The van der Waals surface area contributed by atoms with Gasteiger partial charge in [-0.15, -0.1) is 0 Å². The molecule has 1 atom stereocenters. The molecular formula is C20H27NO. The zero-order valence-electron chi connectivity index (χ0n) is 13.7. The quantitative estimate of drug-likeness (QED) is 0.730. The van der Waals surface area contributed by atoms with Gasteiger partial charge in [0.1, 0.15) is 5.75 Å². The van der Waals surface area contributed by atoms with Gasteiger partial charge in [0.05, 0.1) is 6.61 Å². The summed E-state index contributed by atoms with van der Waals surface area (Å²) in [6.45, 7) is 5.72. The average Bonchev–Trinajstić information content (AvgIpc) is 2.55. The van der Waals surface area contributed by atoms with Gasteiger partial charge in [0.15, 0.2) is 0 Å². The minimum absolute atomic E-state index is 0.330. The summed E-state index contributed by atoms with van der Waals surface area (Å²) >= 11 is 0. The fourth-order valence-corrected chi connectivity index (χ4v) is 2.58. The fraction of sp³-hybridized carbons (Fsp3) is 0.400. The Bertz CT molecular complexity index is 562. The van der Waals surface area contributed by atoms with Crippen LogP contribution < -0.4 is 10.5 Å². The molecule has 1 unspecified atom stereocenters. The lowest BCUT2D eigenvalue weighted by atomic mass is 9.91. The Kier molecular flexibility index (Phi) is 6.47. The molecule has 118 valence electrons. The summed E-state index contributed by atoms with van der Waals surface area (Å²) in [5, 5.41) is 0. The summed E-state index contributed by atoms with van der Waals surface area (Å²) in [6, 6.07) is 17.0. The van der Waals surface area contributed by atoms with Gasteiger partial charge in [-0.05, 0) is 43.5 Å². The van der Waals surface area contributed by atoms with E-state index in [0.29, 0.717) is 12.5 Å². The Morgan fingerprint density at radius 1 is 1.05 bits per heavy atom. The SMILES string of the molecule is CCCCOc1ccccc1CC(CN)c1ccc(C)cc1. The zero-order chi connectivity index (χ0) is 15.8. The summed E-state index contributed by atoms with van der Waals surface area (Å²) < 4.78 is 5.94. The Balaban J connectivity index is 2.12. The van der Waals surface area contributed by atoms with Crippen LogP contribution >= 0.6 is 0 Å². The molecule has 2 N–H and O–H groups in total. The monoisotopic (exact) mass is 297 g/mol. The highest BCUT2D eigenvalue weighted by atomic mass is 16.5. The molecule has 0 aliphatic carbocycles. The molecule has 2 aromatic rings. The van der Waals surface area contributed by atoms with Crippen molar-refractivity contribution in [3.63, 3.8) is 0 Å². The van der Waals surface area contributed by atoms with Gasteiger partial charge in [0, 0.05) is 5.92 Å². The molecule has 2 rings (SSSR count). The highest BCUT2D eigenvalue weighted by Crippen LogP contribution is 2.26. The number of hydrogen-bond acceptors (Lipinski definition) is 2. The highest BCUT2D eigenvalue weighted by Gasteiger charge is 2.13. The molecule has 2 nitrogen and oxygen atoms in total. The minimum Gasteiger partial charge on any atom is -0.493 e. The minimum atomic E-state index is 0.330. The first-order chi connectivity index (χ1) is 10.7. The predicted octanol–water partition coefficient (Wildman–Crippen LogP) is 4.46. The predicted molar refractivity (Wildman–Crippen MR) is 93.5 cm³/mol. The van der Waals surface area contributed by atoms with E-state index in [0.717, 1.165) is 31.6 Å². The Labute approximate surface area is 134 Å². The molecule has 2 heteroatoms. The summed E-state index contributed by atoms with van der Waals surface area (Å²) in [6.07, 6.45) is 3.16. The standard InChI is InChI=1S/C20H27NO/c1-3-4-13-22-20-8-6-5-7-18(20)14-19(15-21)17-11-9-16(2)10-12-17/h5-12,19H,3-4,13-15,21H2,1-2H3. The Morgan fingerprint density at radius 3 is 2.45 bits per heavy atom. The van der Waals surface area contributed by atoms with E-state index in [9.17, 15) is 0 Å². The van der Waals surface area contributed by atoms with E-state index >= 15 is 0 Å². The number of hydrogen-bond donors (Lipinski definition) is 1. The molecule has 0 bridgehead atoms. The molecule has 0 radical (unpaired) electrons. The van der Waals surface area contributed by atoms with Gasteiger partial charge in [0.25, 0.3) is 0 Å². The topological polar surface area (TPSA) is 35.2 Å². The van der Waals surface area contributed by atoms with Crippen LogP contribution in [0.1, 0.15) is 42.4 Å². The molecule has 0 saturated heterocycles. The second kappa shape index (κ2) is 8.60. The lowest BCUT2D eigenvalue weighted by Crippen LogP contribution is -2.15. The fourth-order valence-electron chi connectivity index (χ4n) is 2.58. The van der Waals surface area contributed by atoms with Crippen LogP contribution in [0.2, 0.25) is 0 Å². The van der Waals surface area contributed by atoms with E-state index in [1.54, 1.807) is 0 Å². The first-order valence-corrected chi connectivity index (χ1v) is 8.22. The molecule has 22 heavy (non-hydrogen) atoms. The van der Waals surface area contributed by atoms with E-state index in [4.69, 9.17) is 10.5 Å². The number of ether oxygens (including phenoxy) is 1. The number of rotatable bonds is 8. The second-order valence-electron chi connectivity index (χ2n) is 5.86. The summed E-state index contributed by atoms with van der Waals surface area (Å²) in [4.78, 5) is 0.